The van der Waals surface area contributed by atoms with Crippen molar-refractivity contribution in [1.29, 1.82) is 5.26 Å². The Labute approximate surface area is 91.9 Å². The van der Waals surface area contributed by atoms with E-state index in [9.17, 15) is 4.79 Å². The number of carbonyl (C=O) groups excluding carboxylic acids is 1. The standard InChI is InChI=1S/C12H20N2O/c13-8-4-5-9-14-12(15)10-11-6-2-1-3-7-11/h11H,1-7,9-10H2,(H,14,15). The van der Waals surface area contributed by atoms with Crippen LogP contribution in [0.5, 0.6) is 0 Å². The van der Waals surface area contributed by atoms with Crippen LogP contribution in [-0.2, 0) is 4.79 Å². The van der Waals surface area contributed by atoms with Crippen LogP contribution in [0.25, 0.3) is 0 Å². The smallest absolute Gasteiger partial charge is 0.220 e. The molecule has 15 heavy (non-hydrogen) atoms. The Hall–Kier alpha value is -1.04. The summed E-state index contributed by atoms with van der Waals surface area (Å²) in [7, 11) is 0. The average Bonchev–Trinajstić information content (AvgIpc) is 2.26. The molecule has 84 valence electrons. The molecular weight excluding hydrogens is 188 g/mol. The summed E-state index contributed by atoms with van der Waals surface area (Å²) in [6.07, 6.45) is 8.32. The molecule has 0 saturated heterocycles. The summed E-state index contributed by atoms with van der Waals surface area (Å²) >= 11 is 0. The van der Waals surface area contributed by atoms with Gasteiger partial charge in [-0.25, -0.2) is 0 Å². The molecule has 1 rings (SSSR count). The maximum absolute atomic E-state index is 11.5. The maximum Gasteiger partial charge on any atom is 0.220 e. The average molecular weight is 208 g/mol. The Morgan fingerprint density at radius 3 is 2.73 bits per heavy atom. The molecule has 0 radical (unpaired) electrons. The lowest BCUT2D eigenvalue weighted by molar-refractivity contribution is -0.122. The lowest BCUT2D eigenvalue weighted by Gasteiger charge is -2.20. The van der Waals surface area contributed by atoms with Gasteiger partial charge in [0.15, 0.2) is 0 Å². The zero-order valence-electron chi connectivity index (χ0n) is 9.30. The van der Waals surface area contributed by atoms with Crippen LogP contribution in [0, 0.1) is 17.2 Å². The molecule has 3 nitrogen and oxygen atoms in total. The number of unbranched alkanes of at least 4 members (excludes halogenated alkanes) is 1. The molecular formula is C12H20N2O. The van der Waals surface area contributed by atoms with Gasteiger partial charge in [0, 0.05) is 19.4 Å². The Bertz CT molecular complexity index is 226. The van der Waals surface area contributed by atoms with Gasteiger partial charge in [0.25, 0.3) is 0 Å². The van der Waals surface area contributed by atoms with Gasteiger partial charge < -0.3 is 5.32 Å². The molecule has 0 heterocycles. The molecule has 1 N–H and O–H groups in total. The first-order chi connectivity index (χ1) is 7.33. The quantitative estimate of drug-likeness (QED) is 0.705. The van der Waals surface area contributed by atoms with Crippen LogP contribution in [0.2, 0.25) is 0 Å². The Morgan fingerprint density at radius 1 is 1.33 bits per heavy atom. The first-order valence-electron chi connectivity index (χ1n) is 5.96. The minimum atomic E-state index is 0.167. The summed E-state index contributed by atoms with van der Waals surface area (Å²) in [6, 6.07) is 2.07. The first kappa shape index (κ1) is 12.0. The lowest BCUT2D eigenvalue weighted by atomic mass is 9.87. The predicted octanol–water partition coefficient (Wildman–Crippen LogP) is 2.38. The van der Waals surface area contributed by atoms with Crippen LogP contribution in [0.3, 0.4) is 0 Å². The number of nitrogens with one attached hydrogen (secondary N) is 1. The zero-order chi connectivity index (χ0) is 10.9. The Balaban J connectivity index is 2.04. The van der Waals surface area contributed by atoms with Crippen molar-refractivity contribution in [1.82, 2.24) is 5.32 Å². The van der Waals surface area contributed by atoms with E-state index in [1.165, 1.54) is 32.1 Å². The second-order valence-corrected chi connectivity index (χ2v) is 4.32. The second-order valence-electron chi connectivity index (χ2n) is 4.32. The van der Waals surface area contributed by atoms with Gasteiger partial charge in [-0.3, -0.25) is 4.79 Å². The summed E-state index contributed by atoms with van der Waals surface area (Å²) in [6.45, 7) is 0.652. The Morgan fingerprint density at radius 2 is 2.07 bits per heavy atom. The van der Waals surface area contributed by atoms with E-state index < -0.39 is 0 Å². The highest BCUT2D eigenvalue weighted by atomic mass is 16.1. The van der Waals surface area contributed by atoms with Crippen molar-refractivity contribution in [2.75, 3.05) is 6.54 Å². The summed E-state index contributed by atoms with van der Waals surface area (Å²) in [5, 5.41) is 11.2. The van der Waals surface area contributed by atoms with Crippen molar-refractivity contribution >= 4 is 5.91 Å². The van der Waals surface area contributed by atoms with E-state index in [2.05, 4.69) is 11.4 Å². The minimum Gasteiger partial charge on any atom is -0.356 e. The van der Waals surface area contributed by atoms with Crippen molar-refractivity contribution in [2.24, 2.45) is 5.92 Å². The SMILES string of the molecule is N#CCCCNC(=O)CC1CCCCC1. The van der Waals surface area contributed by atoms with Crippen molar-refractivity contribution in [3.63, 3.8) is 0 Å². The highest BCUT2D eigenvalue weighted by Gasteiger charge is 2.16. The third kappa shape index (κ3) is 5.41. The van der Waals surface area contributed by atoms with Crippen molar-refractivity contribution < 1.29 is 4.79 Å². The molecule has 0 aromatic heterocycles. The van der Waals surface area contributed by atoms with E-state index in [0.717, 1.165) is 6.42 Å². The van der Waals surface area contributed by atoms with Crippen LogP contribution in [0.15, 0.2) is 0 Å². The molecule has 1 saturated carbocycles. The molecule has 1 aliphatic rings. The summed E-state index contributed by atoms with van der Waals surface area (Å²) < 4.78 is 0. The van der Waals surface area contributed by atoms with Gasteiger partial charge in [0.2, 0.25) is 5.91 Å². The van der Waals surface area contributed by atoms with Crippen LogP contribution >= 0.6 is 0 Å². The van der Waals surface area contributed by atoms with E-state index in [1.54, 1.807) is 0 Å². The molecule has 1 fully saturated rings. The molecule has 0 aromatic carbocycles. The van der Waals surface area contributed by atoms with E-state index in [-0.39, 0.29) is 5.91 Å². The van der Waals surface area contributed by atoms with Crippen molar-refractivity contribution in [3.05, 3.63) is 0 Å². The number of hydrogen-bond donors (Lipinski definition) is 1. The number of hydrogen-bond acceptors (Lipinski definition) is 2. The summed E-state index contributed by atoms with van der Waals surface area (Å²) in [5.41, 5.74) is 0. The van der Waals surface area contributed by atoms with E-state index in [4.69, 9.17) is 5.26 Å². The molecule has 1 aliphatic carbocycles. The van der Waals surface area contributed by atoms with E-state index in [0.29, 0.717) is 25.3 Å². The molecule has 0 aromatic rings. The molecule has 0 bridgehead atoms. The molecule has 3 heteroatoms. The molecule has 0 spiro atoms. The number of nitriles is 1. The molecule has 0 atom stereocenters. The fourth-order valence-electron chi connectivity index (χ4n) is 2.12. The van der Waals surface area contributed by atoms with E-state index in [1.807, 2.05) is 0 Å². The van der Waals surface area contributed by atoms with Gasteiger partial charge in [-0.15, -0.1) is 0 Å². The largest absolute Gasteiger partial charge is 0.356 e. The highest BCUT2D eigenvalue weighted by Crippen LogP contribution is 2.25. The normalized spacial score (nSPS) is 17.0. The van der Waals surface area contributed by atoms with Crippen LogP contribution in [0.1, 0.15) is 51.4 Å². The van der Waals surface area contributed by atoms with Gasteiger partial charge in [-0.05, 0) is 25.2 Å². The third-order valence-corrected chi connectivity index (χ3v) is 2.99. The Kier molecular flexibility index (Phi) is 5.84. The van der Waals surface area contributed by atoms with Crippen LogP contribution in [0.4, 0.5) is 0 Å². The first-order valence-corrected chi connectivity index (χ1v) is 5.96. The lowest BCUT2D eigenvalue weighted by Crippen LogP contribution is -2.27. The summed E-state index contributed by atoms with van der Waals surface area (Å²) in [4.78, 5) is 11.5. The number of carbonyl (C=O) groups is 1. The van der Waals surface area contributed by atoms with E-state index >= 15 is 0 Å². The van der Waals surface area contributed by atoms with Crippen molar-refractivity contribution in [2.45, 2.75) is 51.4 Å². The van der Waals surface area contributed by atoms with Gasteiger partial charge in [-0.1, -0.05) is 19.3 Å². The highest BCUT2D eigenvalue weighted by molar-refractivity contribution is 5.76. The number of rotatable bonds is 5. The maximum atomic E-state index is 11.5. The minimum absolute atomic E-state index is 0.167. The fourth-order valence-corrected chi connectivity index (χ4v) is 2.12. The fraction of sp³-hybridized carbons (Fsp3) is 0.833. The topological polar surface area (TPSA) is 52.9 Å². The third-order valence-electron chi connectivity index (χ3n) is 2.99. The van der Waals surface area contributed by atoms with Gasteiger partial charge in [0.1, 0.15) is 0 Å². The number of amides is 1. The predicted molar refractivity (Wildman–Crippen MR) is 59.0 cm³/mol. The monoisotopic (exact) mass is 208 g/mol. The van der Waals surface area contributed by atoms with Crippen LogP contribution < -0.4 is 5.32 Å². The second kappa shape index (κ2) is 7.28. The summed E-state index contributed by atoms with van der Waals surface area (Å²) in [5.74, 6) is 0.773. The van der Waals surface area contributed by atoms with Crippen molar-refractivity contribution in [3.8, 4) is 6.07 Å². The number of nitrogens with zero attached hydrogens (tertiary/aromatic N) is 1. The zero-order valence-corrected chi connectivity index (χ0v) is 9.30. The molecule has 0 aliphatic heterocycles. The molecule has 0 unspecified atom stereocenters. The van der Waals surface area contributed by atoms with Gasteiger partial charge in [-0.2, -0.15) is 5.26 Å². The molecule has 1 amide bonds. The van der Waals surface area contributed by atoms with Gasteiger partial charge in [0.05, 0.1) is 6.07 Å². The van der Waals surface area contributed by atoms with Gasteiger partial charge >= 0.3 is 0 Å². The van der Waals surface area contributed by atoms with Crippen LogP contribution in [-0.4, -0.2) is 12.5 Å².